The van der Waals surface area contributed by atoms with Crippen molar-refractivity contribution < 1.29 is 42.1 Å². The van der Waals surface area contributed by atoms with Crippen molar-refractivity contribution in [3.05, 3.63) is 54.6 Å². The molecule has 9 nitrogen and oxygen atoms in total. The third-order valence-corrected chi connectivity index (χ3v) is 15.1. The zero-order chi connectivity index (χ0) is 50.3. The molecule has 0 saturated heterocycles. The van der Waals surface area contributed by atoms with Crippen LogP contribution in [0.4, 0.5) is 0 Å². The molecule has 70 heavy (non-hydrogen) atoms. The molecule has 0 fully saturated rings. The molecule has 0 heterocycles. The van der Waals surface area contributed by atoms with Crippen LogP contribution in [0.3, 0.4) is 0 Å². The van der Waals surface area contributed by atoms with Gasteiger partial charge in [-0.15, -0.1) is 0 Å². The van der Waals surface area contributed by atoms with E-state index in [9.17, 15) is 19.0 Å². The summed E-state index contributed by atoms with van der Waals surface area (Å²) in [6.07, 6.45) is 35.8. The molecule has 3 atom stereocenters. The third-order valence-electron chi connectivity index (χ3n) is 14.1. The Labute approximate surface area is 425 Å². The Balaban J connectivity index is 1.17. The first-order valence-corrected chi connectivity index (χ1v) is 29.8. The average Bonchev–Trinajstić information content (AvgIpc) is 3.33. The summed E-state index contributed by atoms with van der Waals surface area (Å²) in [4.78, 5) is 40.7. The summed E-state index contributed by atoms with van der Waals surface area (Å²) in [6, 6.07) is 18.2. The summed E-state index contributed by atoms with van der Waals surface area (Å²) < 4.78 is 37.0. The Hall–Kier alpha value is -3.07. The minimum atomic E-state index is -4.81. The molecule has 0 spiro atoms. The minimum absolute atomic E-state index is 0.0706. The molecule has 2 unspecified atom stereocenters. The Bertz CT molecular complexity index is 2050. The summed E-state index contributed by atoms with van der Waals surface area (Å²) in [5.41, 5.74) is 0. The van der Waals surface area contributed by atoms with Gasteiger partial charge in [0.1, 0.15) is 18.9 Å². The molecular weight excluding hydrogens is 894 g/mol. The fourth-order valence-corrected chi connectivity index (χ4v) is 10.5. The highest BCUT2D eigenvalue weighted by Crippen LogP contribution is 2.41. The molecule has 0 radical (unpaired) electrons. The van der Waals surface area contributed by atoms with E-state index in [-0.39, 0.29) is 25.2 Å². The van der Waals surface area contributed by atoms with Gasteiger partial charge in [0.15, 0.2) is 18.0 Å². The summed E-state index contributed by atoms with van der Waals surface area (Å²) in [6.45, 7) is 4.15. The number of nitrogens with zero attached hydrogens (tertiary/aromatic N) is 1. The lowest BCUT2D eigenvalue weighted by Crippen LogP contribution is -2.45. The molecule has 4 aromatic carbocycles. The molecule has 0 amide bonds. The molecule has 0 bridgehead atoms. The van der Waals surface area contributed by atoms with E-state index < -0.39 is 32.6 Å². The highest BCUT2D eigenvalue weighted by atomic mass is 31.2. The maximum Gasteiger partial charge on any atom is 0.306 e. The number of phosphoric ester groups is 1. The van der Waals surface area contributed by atoms with Crippen molar-refractivity contribution in [2.45, 2.75) is 232 Å². The molecule has 0 saturated carbocycles. The van der Waals surface area contributed by atoms with Gasteiger partial charge in [0.2, 0.25) is 0 Å². The van der Waals surface area contributed by atoms with Crippen LogP contribution in [0.5, 0.6) is 5.75 Å². The largest absolute Gasteiger partial charge is 0.756 e. The number of hydrogen-bond donors (Lipinski definition) is 0. The van der Waals surface area contributed by atoms with Crippen molar-refractivity contribution in [2.24, 2.45) is 0 Å². The lowest BCUT2D eigenvalue weighted by molar-refractivity contribution is -0.870. The van der Waals surface area contributed by atoms with Gasteiger partial charge in [0, 0.05) is 23.6 Å². The average molecular weight is 990 g/mol. The van der Waals surface area contributed by atoms with Crippen molar-refractivity contribution in [3.63, 3.8) is 0 Å². The van der Waals surface area contributed by atoms with Gasteiger partial charge in [-0.3, -0.25) is 14.2 Å². The Kier molecular flexibility index (Phi) is 29.2. The highest BCUT2D eigenvalue weighted by molar-refractivity contribution is 7.45. The van der Waals surface area contributed by atoms with E-state index in [1.807, 2.05) is 51.5 Å². The zero-order valence-corrected chi connectivity index (χ0v) is 45.7. The SMILES string of the molecule is CCCCCCCCCCCCCCCCCCCCCCCCCCCCCC(=O)OC(C(=O)CCCCC)[C@H](COP(=O)([O-])OCC[N+](C)(C)C)Oc1ccc2ccc3cccc4ccc1c2c34. The summed E-state index contributed by atoms with van der Waals surface area (Å²) >= 11 is 0. The van der Waals surface area contributed by atoms with E-state index in [2.05, 4.69) is 38.1 Å². The number of carbonyl (C=O) groups is 2. The maximum absolute atomic E-state index is 14.0. The predicted molar refractivity (Wildman–Crippen MR) is 291 cm³/mol. The van der Waals surface area contributed by atoms with E-state index >= 15 is 0 Å². The van der Waals surface area contributed by atoms with Crippen molar-refractivity contribution in [2.75, 3.05) is 40.9 Å². The van der Waals surface area contributed by atoms with Crippen molar-refractivity contribution >= 4 is 51.9 Å². The molecule has 4 rings (SSSR count). The van der Waals surface area contributed by atoms with Gasteiger partial charge in [-0.25, -0.2) is 0 Å². The van der Waals surface area contributed by atoms with Crippen LogP contribution in [0.25, 0.3) is 32.3 Å². The van der Waals surface area contributed by atoms with Crippen LogP contribution in [0, 0.1) is 0 Å². The molecule has 0 aromatic heterocycles. The van der Waals surface area contributed by atoms with Gasteiger partial charge < -0.3 is 27.9 Å². The third kappa shape index (κ3) is 23.6. The molecular formula is C60H96NO8P. The number of unbranched alkanes of at least 4 members (excludes halogenated alkanes) is 28. The van der Waals surface area contributed by atoms with Crippen molar-refractivity contribution in [1.82, 2.24) is 0 Å². The smallest absolute Gasteiger partial charge is 0.306 e. The number of phosphoric acid groups is 1. The first-order chi connectivity index (χ1) is 33.9. The second-order valence-electron chi connectivity index (χ2n) is 21.4. The zero-order valence-electron chi connectivity index (χ0n) is 44.8. The topological polar surface area (TPSA) is 111 Å². The second-order valence-corrected chi connectivity index (χ2v) is 22.9. The van der Waals surface area contributed by atoms with E-state index in [4.69, 9.17) is 18.5 Å². The van der Waals surface area contributed by atoms with Crippen molar-refractivity contribution in [1.29, 1.82) is 0 Å². The lowest BCUT2D eigenvalue weighted by Gasteiger charge is -2.31. The Morgan fingerprint density at radius 1 is 0.529 bits per heavy atom. The van der Waals surface area contributed by atoms with Crippen LogP contribution in [0.1, 0.15) is 219 Å². The highest BCUT2D eigenvalue weighted by Gasteiger charge is 2.35. The summed E-state index contributed by atoms with van der Waals surface area (Å²) in [7, 11) is 1.01. The van der Waals surface area contributed by atoms with E-state index in [0.29, 0.717) is 29.6 Å². The van der Waals surface area contributed by atoms with Gasteiger partial charge in [-0.1, -0.05) is 236 Å². The van der Waals surface area contributed by atoms with Gasteiger partial charge in [0.25, 0.3) is 7.82 Å². The summed E-state index contributed by atoms with van der Waals surface area (Å²) in [5.74, 6) is -0.374. The molecule has 0 N–H and O–H groups in total. The van der Waals surface area contributed by atoms with Crippen LogP contribution in [-0.2, 0) is 27.9 Å². The number of ether oxygens (including phenoxy) is 2. The van der Waals surface area contributed by atoms with Crippen LogP contribution >= 0.6 is 7.82 Å². The molecule has 0 aliphatic heterocycles. The van der Waals surface area contributed by atoms with Crippen LogP contribution in [0.15, 0.2) is 54.6 Å². The quantitative estimate of drug-likeness (QED) is 0.0142. The number of ketones is 1. The van der Waals surface area contributed by atoms with Crippen LogP contribution < -0.4 is 9.63 Å². The van der Waals surface area contributed by atoms with Gasteiger partial charge in [-0.05, 0) is 46.5 Å². The lowest BCUT2D eigenvalue weighted by atomic mass is 9.94. The molecule has 0 aliphatic carbocycles. The van der Waals surface area contributed by atoms with E-state index in [0.717, 1.165) is 64.4 Å². The normalized spacial score (nSPS) is 13.9. The maximum atomic E-state index is 14.0. The number of Topliss-reactive ketones (excluding diaryl/α,β-unsaturated/α-hetero) is 1. The van der Waals surface area contributed by atoms with Crippen molar-refractivity contribution in [3.8, 4) is 5.75 Å². The van der Waals surface area contributed by atoms with Crippen LogP contribution in [0.2, 0.25) is 0 Å². The predicted octanol–water partition coefficient (Wildman–Crippen LogP) is 16.5. The number of benzene rings is 4. The van der Waals surface area contributed by atoms with E-state index in [1.165, 1.54) is 148 Å². The fraction of sp³-hybridized carbons (Fsp3) is 0.700. The number of rotatable bonds is 44. The van der Waals surface area contributed by atoms with Crippen LogP contribution in [-0.4, -0.2) is 69.3 Å². The number of likely N-dealkylation sites (N-methyl/N-ethyl adjacent to an activating group) is 1. The first kappa shape index (κ1) is 59.5. The number of carbonyl (C=O) groups excluding carboxylic acids is 2. The second kappa shape index (κ2) is 34.4. The van der Waals surface area contributed by atoms with Gasteiger partial charge >= 0.3 is 5.97 Å². The molecule has 394 valence electrons. The first-order valence-electron chi connectivity index (χ1n) is 28.4. The summed E-state index contributed by atoms with van der Waals surface area (Å²) in [5, 5.41) is 6.11. The minimum Gasteiger partial charge on any atom is -0.756 e. The number of hydrogen-bond acceptors (Lipinski definition) is 8. The molecule has 10 heteroatoms. The monoisotopic (exact) mass is 990 g/mol. The Morgan fingerprint density at radius 3 is 1.43 bits per heavy atom. The molecule has 4 aromatic rings. The standard InChI is InChI=1S/C60H96NO8P/c1-6-8-10-11-12-13-14-15-16-17-18-19-20-21-22-23-24-25-26-27-28-29-30-31-32-33-35-40-57(63)69-60(54(62)39-34-9-7-2)56(49-67-70(64,65)66-48-47-61(3,4)5)68-55-46-44-52-42-41-50-37-36-38-51-43-45-53(55)59(52)58(50)51/h36-38,41-46,56,60H,6-35,39-40,47-49H2,1-5H3/t56-,60?/m0/s1. The van der Waals surface area contributed by atoms with Gasteiger partial charge in [-0.2, -0.15) is 0 Å². The number of quaternary nitrogens is 1. The van der Waals surface area contributed by atoms with E-state index in [1.54, 1.807) is 0 Å². The number of esters is 1. The Morgan fingerprint density at radius 2 is 0.943 bits per heavy atom. The molecule has 0 aliphatic rings. The fourth-order valence-electron chi connectivity index (χ4n) is 9.79. The van der Waals surface area contributed by atoms with Gasteiger partial charge in [0.05, 0.1) is 27.7 Å².